The van der Waals surface area contributed by atoms with Crippen LogP contribution in [0.15, 0.2) is 162 Å². The molecule has 0 amide bonds. The number of oxazole rings is 1. The van der Waals surface area contributed by atoms with Gasteiger partial charge in [0, 0.05) is 22.3 Å². The van der Waals surface area contributed by atoms with Gasteiger partial charge in [-0.2, -0.15) is 0 Å². The van der Waals surface area contributed by atoms with Gasteiger partial charge in [-0.25, -0.2) is 19.9 Å². The van der Waals surface area contributed by atoms with Crippen molar-refractivity contribution in [3.8, 4) is 67.9 Å². The van der Waals surface area contributed by atoms with Crippen molar-refractivity contribution in [2.24, 2.45) is 0 Å². The zero-order valence-electron chi connectivity index (χ0n) is 24.2. The molecule has 8 aromatic rings. The predicted octanol–water partition coefficient (Wildman–Crippen LogP) is 10.0. The lowest BCUT2D eigenvalue weighted by atomic mass is 9.96. The lowest BCUT2D eigenvalue weighted by Gasteiger charge is -2.12. The topological polar surface area (TPSA) is 64.7 Å². The molecule has 212 valence electrons. The van der Waals surface area contributed by atoms with Crippen molar-refractivity contribution >= 4 is 11.1 Å². The number of nitrogens with zero attached hydrogens (tertiary/aromatic N) is 4. The summed E-state index contributed by atoms with van der Waals surface area (Å²) in [5.74, 6) is 2.39. The maximum atomic E-state index is 6.00. The quantitative estimate of drug-likeness (QED) is 0.196. The Bertz CT molecular complexity index is 2150. The van der Waals surface area contributed by atoms with Crippen LogP contribution in [-0.4, -0.2) is 19.9 Å². The summed E-state index contributed by atoms with van der Waals surface area (Å²) >= 11 is 0. The summed E-state index contributed by atoms with van der Waals surface area (Å²) < 4.78 is 6.00. The summed E-state index contributed by atoms with van der Waals surface area (Å²) in [7, 11) is 0. The lowest BCUT2D eigenvalue weighted by molar-refractivity contribution is 0.620. The Morgan fingerprint density at radius 1 is 0.311 bits per heavy atom. The monoisotopic (exact) mass is 578 g/mol. The number of para-hydroxylation sites is 2. The first kappa shape index (κ1) is 26.4. The molecule has 2 heterocycles. The highest BCUT2D eigenvalue weighted by atomic mass is 16.3. The van der Waals surface area contributed by atoms with Crippen molar-refractivity contribution in [3.63, 3.8) is 0 Å². The second-order valence-electron chi connectivity index (χ2n) is 10.8. The van der Waals surface area contributed by atoms with Crippen LogP contribution in [0.5, 0.6) is 0 Å². The summed E-state index contributed by atoms with van der Waals surface area (Å²) in [5, 5.41) is 0. The van der Waals surface area contributed by atoms with Crippen molar-refractivity contribution < 1.29 is 4.42 Å². The summed E-state index contributed by atoms with van der Waals surface area (Å²) in [5.41, 5.74) is 9.64. The fourth-order valence-electron chi connectivity index (χ4n) is 5.46. The van der Waals surface area contributed by atoms with Gasteiger partial charge in [0.2, 0.25) is 5.89 Å². The van der Waals surface area contributed by atoms with Gasteiger partial charge >= 0.3 is 0 Å². The molecule has 0 saturated carbocycles. The number of aromatic nitrogens is 4. The third-order valence-corrected chi connectivity index (χ3v) is 7.76. The lowest BCUT2D eigenvalue weighted by Crippen LogP contribution is -2.00. The molecule has 45 heavy (non-hydrogen) atoms. The maximum Gasteiger partial charge on any atom is 0.227 e. The van der Waals surface area contributed by atoms with E-state index in [2.05, 4.69) is 71.7 Å². The van der Waals surface area contributed by atoms with E-state index in [0.29, 0.717) is 23.4 Å². The fraction of sp³-hybridized carbons (Fsp3) is 0. The Hall–Kier alpha value is -6.20. The van der Waals surface area contributed by atoms with Crippen LogP contribution in [0.2, 0.25) is 0 Å². The summed E-state index contributed by atoms with van der Waals surface area (Å²) in [6.45, 7) is 0. The Morgan fingerprint density at radius 2 is 0.733 bits per heavy atom. The number of rotatable bonds is 6. The number of fused-ring (bicyclic) bond motifs is 1. The van der Waals surface area contributed by atoms with Gasteiger partial charge in [-0.1, -0.05) is 115 Å². The van der Waals surface area contributed by atoms with E-state index >= 15 is 0 Å². The van der Waals surface area contributed by atoms with Crippen LogP contribution in [0.25, 0.3) is 79.0 Å². The Balaban J connectivity index is 1.27. The molecule has 0 spiro atoms. The average molecular weight is 579 g/mol. The van der Waals surface area contributed by atoms with E-state index in [4.69, 9.17) is 19.4 Å². The molecule has 0 aliphatic carbocycles. The largest absolute Gasteiger partial charge is 0.436 e. The SMILES string of the molecule is c1ccc(-c2cc(-c3ccccc3)cc(-c3nc(-c4ccccc4)nc(-c4ccc(-c5nc6ccccc6o5)cc4)n3)c2)cc1. The van der Waals surface area contributed by atoms with E-state index < -0.39 is 0 Å². The summed E-state index contributed by atoms with van der Waals surface area (Å²) in [6.07, 6.45) is 0. The zero-order chi connectivity index (χ0) is 30.0. The third kappa shape index (κ3) is 5.39. The molecular formula is C40H26N4O. The molecule has 0 atom stereocenters. The van der Waals surface area contributed by atoms with Gasteiger partial charge in [-0.3, -0.25) is 0 Å². The van der Waals surface area contributed by atoms with E-state index in [9.17, 15) is 0 Å². The molecule has 0 unspecified atom stereocenters. The van der Waals surface area contributed by atoms with Crippen molar-refractivity contribution in [3.05, 3.63) is 158 Å². The standard InChI is InChI=1S/C40H26N4O/c1-4-12-27(13-5-1)32-24-33(28-14-6-2-7-15-28)26-34(25-32)39-43-37(29-16-8-3-9-17-29)42-38(44-39)30-20-22-31(23-21-30)40-41-35-18-10-11-19-36(35)45-40/h1-26H. The normalized spacial score (nSPS) is 11.1. The minimum absolute atomic E-state index is 0.579. The van der Waals surface area contributed by atoms with Gasteiger partial charge in [0.1, 0.15) is 5.52 Å². The molecule has 0 aliphatic heterocycles. The molecule has 0 radical (unpaired) electrons. The first-order valence-corrected chi connectivity index (χ1v) is 14.8. The highest BCUT2D eigenvalue weighted by Crippen LogP contribution is 2.34. The van der Waals surface area contributed by atoms with E-state index in [0.717, 1.165) is 55.6 Å². The second-order valence-corrected chi connectivity index (χ2v) is 10.8. The van der Waals surface area contributed by atoms with E-state index in [1.165, 1.54) is 0 Å². The molecule has 5 nitrogen and oxygen atoms in total. The molecule has 8 rings (SSSR count). The molecule has 0 bridgehead atoms. The predicted molar refractivity (Wildman–Crippen MR) is 180 cm³/mol. The first-order chi connectivity index (χ1) is 22.3. The van der Waals surface area contributed by atoms with Crippen molar-refractivity contribution in [1.29, 1.82) is 0 Å². The molecular weight excluding hydrogens is 552 g/mol. The minimum Gasteiger partial charge on any atom is -0.436 e. The molecule has 5 heteroatoms. The zero-order valence-corrected chi connectivity index (χ0v) is 24.2. The number of benzene rings is 6. The fourth-order valence-corrected chi connectivity index (χ4v) is 5.46. The average Bonchev–Trinajstić information content (AvgIpc) is 3.57. The molecule has 0 fully saturated rings. The molecule has 0 saturated heterocycles. The van der Waals surface area contributed by atoms with Crippen LogP contribution >= 0.6 is 0 Å². The van der Waals surface area contributed by atoms with Crippen LogP contribution in [-0.2, 0) is 0 Å². The van der Waals surface area contributed by atoms with Crippen LogP contribution in [0.3, 0.4) is 0 Å². The number of hydrogen-bond acceptors (Lipinski definition) is 5. The van der Waals surface area contributed by atoms with Gasteiger partial charge in [0.15, 0.2) is 23.1 Å². The van der Waals surface area contributed by atoms with E-state index in [1.807, 2.05) is 91.0 Å². The van der Waals surface area contributed by atoms with Crippen molar-refractivity contribution in [2.45, 2.75) is 0 Å². The summed E-state index contributed by atoms with van der Waals surface area (Å²) in [6, 6.07) is 53.2. The van der Waals surface area contributed by atoms with E-state index in [-0.39, 0.29) is 0 Å². The van der Waals surface area contributed by atoms with Gasteiger partial charge in [0.25, 0.3) is 0 Å². The van der Waals surface area contributed by atoms with Crippen molar-refractivity contribution in [1.82, 2.24) is 19.9 Å². The Kier molecular flexibility index (Phi) is 6.74. The van der Waals surface area contributed by atoms with Gasteiger partial charge in [0.05, 0.1) is 0 Å². The third-order valence-electron chi connectivity index (χ3n) is 7.76. The van der Waals surface area contributed by atoms with E-state index in [1.54, 1.807) is 0 Å². The Morgan fingerprint density at radius 3 is 1.29 bits per heavy atom. The molecule has 0 N–H and O–H groups in total. The van der Waals surface area contributed by atoms with Crippen LogP contribution in [0, 0.1) is 0 Å². The molecule has 2 aromatic heterocycles. The van der Waals surface area contributed by atoms with Gasteiger partial charge < -0.3 is 4.42 Å². The number of hydrogen-bond donors (Lipinski definition) is 0. The van der Waals surface area contributed by atoms with Crippen molar-refractivity contribution in [2.75, 3.05) is 0 Å². The van der Waals surface area contributed by atoms with Crippen LogP contribution in [0.1, 0.15) is 0 Å². The highest BCUT2D eigenvalue weighted by Gasteiger charge is 2.15. The van der Waals surface area contributed by atoms with Gasteiger partial charge in [-0.15, -0.1) is 0 Å². The van der Waals surface area contributed by atoms with Crippen LogP contribution in [0.4, 0.5) is 0 Å². The second kappa shape index (κ2) is 11.5. The smallest absolute Gasteiger partial charge is 0.227 e. The maximum absolute atomic E-state index is 6.00. The molecule has 0 aliphatic rings. The van der Waals surface area contributed by atoms with Gasteiger partial charge in [-0.05, 0) is 64.7 Å². The van der Waals surface area contributed by atoms with Crippen LogP contribution < -0.4 is 0 Å². The minimum atomic E-state index is 0.579. The highest BCUT2D eigenvalue weighted by molar-refractivity contribution is 5.81. The summed E-state index contributed by atoms with van der Waals surface area (Å²) in [4.78, 5) is 19.6. The molecule has 6 aromatic carbocycles. The first-order valence-electron chi connectivity index (χ1n) is 14.8. The Labute approximate surface area is 260 Å².